The first-order chi connectivity index (χ1) is 14.2. The van der Waals surface area contributed by atoms with E-state index in [9.17, 15) is 4.79 Å². The predicted molar refractivity (Wildman–Crippen MR) is 116 cm³/mol. The standard InChI is InChI=1S/C22H26ClN3O3/c1-2-28-21-14-17(15-24-25-19-9-7-18(23)8-10-19)6-11-20(21)29-16-22(27)26-12-4-3-5-13-26/h6-11,14-15,25H,2-5,12-13,16H2,1H3. The van der Waals surface area contributed by atoms with E-state index < -0.39 is 0 Å². The fraction of sp³-hybridized carbons (Fsp3) is 0.364. The minimum Gasteiger partial charge on any atom is -0.490 e. The van der Waals surface area contributed by atoms with Crippen LogP contribution in [0.4, 0.5) is 5.69 Å². The second kappa shape index (κ2) is 10.7. The molecule has 0 saturated carbocycles. The van der Waals surface area contributed by atoms with E-state index in [1.54, 1.807) is 24.4 Å². The van der Waals surface area contributed by atoms with Crippen molar-refractivity contribution < 1.29 is 14.3 Å². The summed E-state index contributed by atoms with van der Waals surface area (Å²) >= 11 is 5.88. The van der Waals surface area contributed by atoms with Gasteiger partial charge in [0.05, 0.1) is 18.5 Å². The molecule has 1 fully saturated rings. The van der Waals surface area contributed by atoms with Gasteiger partial charge in [0, 0.05) is 18.1 Å². The molecule has 1 aliphatic heterocycles. The molecule has 2 aromatic rings. The third-order valence-electron chi connectivity index (χ3n) is 4.58. The van der Waals surface area contributed by atoms with Crippen molar-refractivity contribution >= 4 is 29.4 Å². The Hall–Kier alpha value is -2.73. The molecule has 0 bridgehead atoms. The second-order valence-electron chi connectivity index (χ2n) is 6.75. The molecule has 0 unspecified atom stereocenters. The van der Waals surface area contributed by atoms with Crippen LogP contribution in [0.25, 0.3) is 0 Å². The summed E-state index contributed by atoms with van der Waals surface area (Å²) in [5, 5.41) is 4.91. The van der Waals surface area contributed by atoms with Crippen LogP contribution in [0.2, 0.25) is 5.02 Å². The third kappa shape index (κ3) is 6.39. The van der Waals surface area contributed by atoms with E-state index >= 15 is 0 Å². The number of rotatable bonds is 8. The molecule has 1 N–H and O–H groups in total. The molecule has 154 valence electrons. The van der Waals surface area contributed by atoms with Crippen LogP contribution >= 0.6 is 11.6 Å². The van der Waals surface area contributed by atoms with Gasteiger partial charge in [-0.15, -0.1) is 0 Å². The van der Waals surface area contributed by atoms with Crippen molar-refractivity contribution in [2.45, 2.75) is 26.2 Å². The first kappa shape index (κ1) is 21.0. The van der Waals surface area contributed by atoms with Gasteiger partial charge in [0.1, 0.15) is 0 Å². The molecule has 0 aliphatic carbocycles. The highest BCUT2D eigenvalue weighted by molar-refractivity contribution is 6.30. The number of hydrazone groups is 1. The van der Waals surface area contributed by atoms with Crippen LogP contribution in [0, 0.1) is 0 Å². The number of halogens is 1. The lowest BCUT2D eigenvalue weighted by Gasteiger charge is -2.26. The number of nitrogens with one attached hydrogen (secondary N) is 1. The molecular formula is C22H26ClN3O3. The van der Waals surface area contributed by atoms with Crippen molar-refractivity contribution in [3.63, 3.8) is 0 Å². The summed E-state index contributed by atoms with van der Waals surface area (Å²) in [6, 6.07) is 12.8. The molecule has 3 rings (SSSR count). The highest BCUT2D eigenvalue weighted by Crippen LogP contribution is 2.28. The Morgan fingerprint density at radius 3 is 2.59 bits per heavy atom. The van der Waals surface area contributed by atoms with Crippen molar-refractivity contribution in [2.24, 2.45) is 5.10 Å². The van der Waals surface area contributed by atoms with Crippen molar-refractivity contribution in [2.75, 3.05) is 31.7 Å². The molecule has 29 heavy (non-hydrogen) atoms. The van der Waals surface area contributed by atoms with E-state index in [1.165, 1.54) is 6.42 Å². The molecule has 1 aliphatic rings. The van der Waals surface area contributed by atoms with Gasteiger partial charge in [-0.3, -0.25) is 10.2 Å². The van der Waals surface area contributed by atoms with Crippen LogP contribution in [-0.4, -0.2) is 43.3 Å². The lowest BCUT2D eigenvalue weighted by Crippen LogP contribution is -2.38. The zero-order valence-electron chi connectivity index (χ0n) is 16.6. The molecule has 1 heterocycles. The van der Waals surface area contributed by atoms with Gasteiger partial charge in [0.15, 0.2) is 18.1 Å². The molecule has 2 aromatic carbocycles. The average molecular weight is 416 g/mol. The monoisotopic (exact) mass is 415 g/mol. The second-order valence-corrected chi connectivity index (χ2v) is 7.18. The van der Waals surface area contributed by atoms with E-state index in [0.29, 0.717) is 23.1 Å². The van der Waals surface area contributed by atoms with Crippen LogP contribution in [0.1, 0.15) is 31.7 Å². The Bertz CT molecular complexity index is 834. The summed E-state index contributed by atoms with van der Waals surface area (Å²) < 4.78 is 11.4. The SMILES string of the molecule is CCOc1cc(C=NNc2ccc(Cl)cc2)ccc1OCC(=O)N1CCCCC1. The Morgan fingerprint density at radius 2 is 1.86 bits per heavy atom. The Balaban J connectivity index is 1.60. The maximum absolute atomic E-state index is 12.3. The van der Waals surface area contributed by atoms with Crippen molar-refractivity contribution in [3.05, 3.63) is 53.1 Å². The van der Waals surface area contributed by atoms with E-state index in [-0.39, 0.29) is 12.5 Å². The van der Waals surface area contributed by atoms with E-state index in [1.807, 2.05) is 36.1 Å². The lowest BCUT2D eigenvalue weighted by molar-refractivity contribution is -0.134. The topological polar surface area (TPSA) is 63.2 Å². The molecule has 0 spiro atoms. The zero-order chi connectivity index (χ0) is 20.5. The molecule has 1 saturated heterocycles. The maximum Gasteiger partial charge on any atom is 0.260 e. The van der Waals surface area contributed by atoms with Gasteiger partial charge in [-0.05, 0) is 74.2 Å². The predicted octanol–water partition coefficient (Wildman–Crippen LogP) is 4.58. The third-order valence-corrected chi connectivity index (χ3v) is 4.83. The van der Waals surface area contributed by atoms with Gasteiger partial charge in [0.2, 0.25) is 0 Å². The largest absolute Gasteiger partial charge is 0.490 e. The number of carbonyl (C=O) groups is 1. The first-order valence-electron chi connectivity index (χ1n) is 9.88. The summed E-state index contributed by atoms with van der Waals surface area (Å²) in [6.45, 7) is 4.06. The van der Waals surface area contributed by atoms with Gasteiger partial charge in [-0.1, -0.05) is 11.6 Å². The summed E-state index contributed by atoms with van der Waals surface area (Å²) in [4.78, 5) is 14.2. The van der Waals surface area contributed by atoms with Gasteiger partial charge in [-0.2, -0.15) is 5.10 Å². The number of hydrogen-bond donors (Lipinski definition) is 1. The van der Waals surface area contributed by atoms with Crippen molar-refractivity contribution in [1.82, 2.24) is 4.90 Å². The van der Waals surface area contributed by atoms with E-state index in [4.69, 9.17) is 21.1 Å². The normalized spacial score (nSPS) is 14.1. The Labute approximate surface area is 176 Å². The Kier molecular flexibility index (Phi) is 7.76. The molecule has 0 atom stereocenters. The number of anilines is 1. The smallest absolute Gasteiger partial charge is 0.260 e. The molecule has 0 radical (unpaired) electrons. The van der Waals surface area contributed by atoms with Crippen LogP contribution in [0.3, 0.4) is 0 Å². The minimum absolute atomic E-state index is 0.0185. The van der Waals surface area contributed by atoms with Crippen LogP contribution < -0.4 is 14.9 Å². The number of carbonyl (C=O) groups excluding carboxylic acids is 1. The van der Waals surface area contributed by atoms with E-state index in [0.717, 1.165) is 37.2 Å². The van der Waals surface area contributed by atoms with Gasteiger partial charge < -0.3 is 14.4 Å². The van der Waals surface area contributed by atoms with Crippen LogP contribution in [-0.2, 0) is 4.79 Å². The number of ether oxygens (including phenoxy) is 2. The van der Waals surface area contributed by atoms with Crippen LogP contribution in [0.15, 0.2) is 47.6 Å². The summed E-state index contributed by atoms with van der Waals surface area (Å²) in [7, 11) is 0. The quantitative estimate of drug-likeness (QED) is 0.506. The van der Waals surface area contributed by atoms with Crippen LogP contribution in [0.5, 0.6) is 11.5 Å². The van der Waals surface area contributed by atoms with Gasteiger partial charge in [0.25, 0.3) is 5.91 Å². The first-order valence-corrected chi connectivity index (χ1v) is 10.3. The Morgan fingerprint density at radius 1 is 1.10 bits per heavy atom. The van der Waals surface area contributed by atoms with E-state index in [2.05, 4.69) is 10.5 Å². The minimum atomic E-state index is 0.0185. The number of amides is 1. The summed E-state index contributed by atoms with van der Waals surface area (Å²) in [5.74, 6) is 1.17. The number of benzene rings is 2. The molecule has 0 aromatic heterocycles. The van der Waals surface area contributed by atoms with Gasteiger partial charge >= 0.3 is 0 Å². The molecule has 6 nitrogen and oxygen atoms in total. The summed E-state index contributed by atoms with van der Waals surface area (Å²) in [5.41, 5.74) is 4.64. The number of piperidine rings is 1. The number of likely N-dealkylation sites (tertiary alicyclic amines) is 1. The lowest BCUT2D eigenvalue weighted by atomic mass is 10.1. The fourth-order valence-corrected chi connectivity index (χ4v) is 3.20. The van der Waals surface area contributed by atoms with Gasteiger partial charge in [-0.25, -0.2) is 0 Å². The zero-order valence-corrected chi connectivity index (χ0v) is 17.3. The van der Waals surface area contributed by atoms with Crippen molar-refractivity contribution in [1.29, 1.82) is 0 Å². The number of hydrogen-bond acceptors (Lipinski definition) is 5. The average Bonchev–Trinajstić information content (AvgIpc) is 2.75. The highest BCUT2D eigenvalue weighted by atomic mass is 35.5. The maximum atomic E-state index is 12.3. The molecule has 1 amide bonds. The van der Waals surface area contributed by atoms with Crippen molar-refractivity contribution in [3.8, 4) is 11.5 Å². The summed E-state index contributed by atoms with van der Waals surface area (Å²) in [6.07, 6.45) is 5.01. The highest BCUT2D eigenvalue weighted by Gasteiger charge is 2.17. The molecule has 7 heteroatoms. The molecular weight excluding hydrogens is 390 g/mol. The number of nitrogens with zero attached hydrogens (tertiary/aromatic N) is 2. The fourth-order valence-electron chi connectivity index (χ4n) is 3.07.